The van der Waals surface area contributed by atoms with E-state index in [1.165, 1.54) is 16.1 Å². The van der Waals surface area contributed by atoms with Crippen molar-refractivity contribution >= 4 is 29.7 Å². The van der Waals surface area contributed by atoms with Crippen molar-refractivity contribution < 1.29 is 34.2 Å². The number of nitrogens with zero attached hydrogens (tertiary/aromatic N) is 3. The highest BCUT2D eigenvalue weighted by molar-refractivity contribution is 5.95. The number of hydrogen-bond acceptors (Lipinski definition) is 7. The third kappa shape index (κ3) is 5.90. The van der Waals surface area contributed by atoms with Gasteiger partial charge in [-0.3, -0.25) is 19.2 Å². The maximum absolute atomic E-state index is 13.4. The molecule has 4 unspecified atom stereocenters. The van der Waals surface area contributed by atoms with E-state index in [1.54, 1.807) is 6.20 Å². The van der Waals surface area contributed by atoms with Crippen LogP contribution >= 0.6 is 0 Å². The molecule has 2 fully saturated rings. The highest BCUT2D eigenvalue weighted by atomic mass is 16.4. The van der Waals surface area contributed by atoms with Crippen molar-refractivity contribution in [2.45, 2.75) is 69.1 Å². The third-order valence-corrected chi connectivity index (χ3v) is 6.23. The van der Waals surface area contributed by atoms with Crippen molar-refractivity contribution in [3.63, 3.8) is 0 Å². The van der Waals surface area contributed by atoms with Gasteiger partial charge in [0, 0.05) is 37.8 Å². The molecule has 13 nitrogen and oxygen atoms in total. The van der Waals surface area contributed by atoms with E-state index < -0.39 is 48.4 Å². The fourth-order valence-corrected chi connectivity index (χ4v) is 4.51. The predicted molar refractivity (Wildman–Crippen MR) is 116 cm³/mol. The number of amides is 3. The van der Waals surface area contributed by atoms with Crippen LogP contribution in [0.15, 0.2) is 12.5 Å². The van der Waals surface area contributed by atoms with Crippen LogP contribution in [0.25, 0.3) is 0 Å². The lowest BCUT2D eigenvalue weighted by Crippen LogP contribution is -2.56. The number of imidazole rings is 1. The average Bonchev–Trinajstić information content (AvgIpc) is 3.56. The van der Waals surface area contributed by atoms with Gasteiger partial charge in [0.05, 0.1) is 12.4 Å². The van der Waals surface area contributed by atoms with Gasteiger partial charge in [0.1, 0.15) is 18.1 Å². The molecule has 3 heterocycles. The highest BCUT2D eigenvalue weighted by Gasteiger charge is 2.43. The number of nitrogens with one attached hydrogen (secondary N) is 2. The third-order valence-electron chi connectivity index (χ3n) is 6.23. The maximum Gasteiger partial charge on any atom is 0.326 e. The van der Waals surface area contributed by atoms with Crippen LogP contribution in [-0.2, 0) is 30.4 Å². The molecule has 2 aliphatic rings. The van der Waals surface area contributed by atoms with Gasteiger partial charge in [0.15, 0.2) is 0 Å². The molecule has 0 spiro atoms. The summed E-state index contributed by atoms with van der Waals surface area (Å²) in [4.78, 5) is 71.0. The molecule has 3 rings (SSSR count). The second-order valence-electron chi connectivity index (χ2n) is 8.60. The van der Waals surface area contributed by atoms with Crippen molar-refractivity contribution in [1.82, 2.24) is 25.1 Å². The summed E-state index contributed by atoms with van der Waals surface area (Å²) >= 11 is 0. The summed E-state index contributed by atoms with van der Waals surface area (Å²) in [6, 6.07) is -3.84. The Labute approximate surface area is 195 Å². The zero-order valence-corrected chi connectivity index (χ0v) is 18.7. The molecule has 0 aromatic carbocycles. The SMILES string of the molecule is NC(Cc1cnc[nH]1)C(=O)N1CCCC1C(=O)N1CCCC1C(=O)NC(CCC(=O)O)C(=O)O. The summed E-state index contributed by atoms with van der Waals surface area (Å²) in [7, 11) is 0. The van der Waals surface area contributed by atoms with Gasteiger partial charge >= 0.3 is 11.9 Å². The van der Waals surface area contributed by atoms with E-state index in [9.17, 15) is 29.1 Å². The van der Waals surface area contributed by atoms with E-state index in [2.05, 4.69) is 15.3 Å². The van der Waals surface area contributed by atoms with Crippen molar-refractivity contribution in [3.05, 3.63) is 18.2 Å². The summed E-state index contributed by atoms with van der Waals surface area (Å²) in [5.74, 6) is -3.88. The summed E-state index contributed by atoms with van der Waals surface area (Å²) in [5.41, 5.74) is 6.79. The minimum atomic E-state index is -1.37. The van der Waals surface area contributed by atoms with Gasteiger partial charge in [0.2, 0.25) is 17.7 Å². The van der Waals surface area contributed by atoms with Gasteiger partial charge in [0.25, 0.3) is 0 Å². The molecule has 0 radical (unpaired) electrons. The largest absolute Gasteiger partial charge is 0.481 e. The normalized spacial score (nSPS) is 21.8. The number of rotatable bonds is 10. The lowest BCUT2D eigenvalue weighted by Gasteiger charge is -2.32. The molecule has 4 atom stereocenters. The highest BCUT2D eigenvalue weighted by Crippen LogP contribution is 2.26. The Hall–Kier alpha value is -3.48. The molecule has 3 amide bonds. The van der Waals surface area contributed by atoms with Crippen LogP contribution in [0, 0.1) is 0 Å². The van der Waals surface area contributed by atoms with Crippen molar-refractivity contribution in [2.75, 3.05) is 13.1 Å². The molecule has 1 aromatic rings. The monoisotopic (exact) mass is 478 g/mol. The second-order valence-corrected chi connectivity index (χ2v) is 8.60. The number of likely N-dealkylation sites (tertiary alicyclic amines) is 2. The lowest BCUT2D eigenvalue weighted by molar-refractivity contribution is -0.148. The number of carbonyl (C=O) groups is 5. The first-order chi connectivity index (χ1) is 16.2. The Kier molecular flexibility index (Phi) is 8.21. The first kappa shape index (κ1) is 25.1. The van der Waals surface area contributed by atoms with E-state index in [0.717, 1.165) is 0 Å². The Bertz CT molecular complexity index is 921. The first-order valence-corrected chi connectivity index (χ1v) is 11.3. The fourth-order valence-electron chi connectivity index (χ4n) is 4.51. The molecule has 2 aliphatic heterocycles. The van der Waals surface area contributed by atoms with Crippen LogP contribution in [0.5, 0.6) is 0 Å². The smallest absolute Gasteiger partial charge is 0.326 e. The quantitative estimate of drug-likeness (QED) is 0.271. The number of aromatic nitrogens is 2. The molecule has 186 valence electrons. The number of carboxylic acid groups (broad SMARTS) is 2. The Balaban J connectivity index is 1.64. The van der Waals surface area contributed by atoms with Crippen LogP contribution in [-0.4, -0.2) is 96.9 Å². The Morgan fingerprint density at radius 1 is 1.12 bits per heavy atom. The Morgan fingerprint density at radius 2 is 1.79 bits per heavy atom. The Morgan fingerprint density at radius 3 is 2.41 bits per heavy atom. The van der Waals surface area contributed by atoms with E-state index >= 15 is 0 Å². The van der Waals surface area contributed by atoms with Crippen LogP contribution in [0.2, 0.25) is 0 Å². The molecule has 13 heteroatoms. The number of H-pyrrole nitrogens is 1. The standard InChI is InChI=1S/C21H30N6O7/c22-13(9-12-10-23-11-24-12)19(31)27-8-2-4-16(27)20(32)26-7-1-3-15(26)18(30)25-14(21(33)34)5-6-17(28)29/h10-11,13-16H,1-9,22H2,(H,23,24)(H,25,30)(H,28,29)(H,33,34). The topological polar surface area (TPSA) is 199 Å². The van der Waals surface area contributed by atoms with E-state index in [-0.39, 0.29) is 24.7 Å². The van der Waals surface area contributed by atoms with Crippen molar-refractivity contribution in [2.24, 2.45) is 5.73 Å². The number of hydrogen-bond donors (Lipinski definition) is 5. The van der Waals surface area contributed by atoms with Gasteiger partial charge in [-0.25, -0.2) is 9.78 Å². The average molecular weight is 479 g/mol. The number of carboxylic acids is 2. The summed E-state index contributed by atoms with van der Waals surface area (Å²) in [6.07, 6.45) is 4.61. The van der Waals surface area contributed by atoms with E-state index in [1.807, 2.05) is 0 Å². The summed E-state index contributed by atoms with van der Waals surface area (Å²) in [5, 5.41) is 20.5. The number of nitrogens with two attached hydrogens (primary N) is 1. The van der Waals surface area contributed by atoms with Gasteiger partial charge < -0.3 is 36.0 Å². The molecule has 0 aliphatic carbocycles. The maximum atomic E-state index is 13.4. The summed E-state index contributed by atoms with van der Waals surface area (Å²) in [6.45, 7) is 0.690. The number of carbonyl (C=O) groups excluding carboxylic acids is 3. The lowest BCUT2D eigenvalue weighted by atomic mass is 10.1. The van der Waals surface area contributed by atoms with E-state index in [0.29, 0.717) is 44.5 Å². The minimum Gasteiger partial charge on any atom is -0.481 e. The van der Waals surface area contributed by atoms with Crippen molar-refractivity contribution in [3.8, 4) is 0 Å². The van der Waals surface area contributed by atoms with E-state index in [4.69, 9.17) is 10.8 Å². The number of aliphatic carboxylic acids is 2. The van der Waals surface area contributed by atoms with Gasteiger partial charge in [-0.05, 0) is 32.1 Å². The van der Waals surface area contributed by atoms with Crippen LogP contribution in [0.4, 0.5) is 0 Å². The minimum absolute atomic E-state index is 0.248. The van der Waals surface area contributed by atoms with Gasteiger partial charge in [-0.1, -0.05) is 0 Å². The molecule has 0 saturated carbocycles. The number of aromatic amines is 1. The van der Waals surface area contributed by atoms with Gasteiger partial charge in [-0.2, -0.15) is 0 Å². The molecule has 34 heavy (non-hydrogen) atoms. The van der Waals surface area contributed by atoms with Crippen LogP contribution in [0.3, 0.4) is 0 Å². The predicted octanol–water partition coefficient (Wildman–Crippen LogP) is -1.30. The van der Waals surface area contributed by atoms with Crippen LogP contribution < -0.4 is 11.1 Å². The zero-order valence-electron chi connectivity index (χ0n) is 18.7. The van der Waals surface area contributed by atoms with Crippen LogP contribution in [0.1, 0.15) is 44.2 Å². The summed E-state index contributed by atoms with van der Waals surface area (Å²) < 4.78 is 0. The molecular formula is C21H30N6O7. The molecule has 6 N–H and O–H groups in total. The fraction of sp³-hybridized carbons (Fsp3) is 0.619. The second kappa shape index (κ2) is 11.1. The first-order valence-electron chi connectivity index (χ1n) is 11.3. The van der Waals surface area contributed by atoms with Crippen molar-refractivity contribution in [1.29, 1.82) is 0 Å². The zero-order chi connectivity index (χ0) is 24.8. The molecule has 2 saturated heterocycles. The molecule has 0 bridgehead atoms. The molecular weight excluding hydrogens is 448 g/mol. The molecule has 1 aromatic heterocycles. The van der Waals surface area contributed by atoms with Gasteiger partial charge in [-0.15, -0.1) is 0 Å².